The Morgan fingerprint density at radius 2 is 1.91 bits per heavy atom. The van der Waals surface area contributed by atoms with Gasteiger partial charge in [-0.25, -0.2) is 4.98 Å². The topological polar surface area (TPSA) is 76.9 Å². The second kappa shape index (κ2) is 6.17. The minimum atomic E-state index is -0.262. The first-order chi connectivity index (χ1) is 10.8. The molecule has 0 saturated heterocycles. The molecule has 0 aliphatic rings. The summed E-state index contributed by atoms with van der Waals surface area (Å²) in [5.74, 6) is -0.262. The largest absolute Gasteiger partial charge is 0.349 e. The Morgan fingerprint density at radius 3 is 2.73 bits per heavy atom. The second-order valence-electron chi connectivity index (χ2n) is 4.73. The summed E-state index contributed by atoms with van der Waals surface area (Å²) in [7, 11) is 0. The van der Waals surface area contributed by atoms with E-state index in [9.17, 15) is 9.59 Å². The van der Waals surface area contributed by atoms with Crippen molar-refractivity contribution in [2.45, 2.75) is 6.54 Å². The van der Waals surface area contributed by atoms with Crippen LogP contribution < -0.4 is 10.9 Å². The highest BCUT2D eigenvalue weighted by Crippen LogP contribution is 2.04. The van der Waals surface area contributed by atoms with E-state index in [1.165, 1.54) is 10.9 Å². The van der Waals surface area contributed by atoms with Crippen LogP contribution in [0, 0.1) is 0 Å². The normalized spacial score (nSPS) is 10.5. The summed E-state index contributed by atoms with van der Waals surface area (Å²) in [6.45, 7) is 0.685. The SMILES string of the molecule is O=C(NCCn1cnc2ccccc2c1=O)c1ccccn1. The van der Waals surface area contributed by atoms with Crippen molar-refractivity contribution in [2.24, 2.45) is 0 Å². The maximum absolute atomic E-state index is 12.3. The fourth-order valence-electron chi connectivity index (χ4n) is 2.14. The molecule has 1 aromatic carbocycles. The second-order valence-corrected chi connectivity index (χ2v) is 4.73. The standard InChI is InChI=1S/C16H14N4O2/c21-15(14-7-3-4-8-17-14)18-9-10-20-11-19-13-6-2-1-5-12(13)16(20)22/h1-8,11H,9-10H2,(H,18,21). The number of hydrogen-bond acceptors (Lipinski definition) is 4. The Balaban J connectivity index is 1.68. The first-order valence-electron chi connectivity index (χ1n) is 6.89. The molecule has 6 nitrogen and oxygen atoms in total. The van der Waals surface area contributed by atoms with E-state index in [0.29, 0.717) is 29.7 Å². The number of fused-ring (bicyclic) bond motifs is 1. The van der Waals surface area contributed by atoms with Crippen LogP contribution in [0.5, 0.6) is 0 Å². The van der Waals surface area contributed by atoms with Gasteiger partial charge in [-0.2, -0.15) is 0 Å². The van der Waals surface area contributed by atoms with Crippen LogP contribution in [0.4, 0.5) is 0 Å². The van der Waals surface area contributed by atoms with Gasteiger partial charge in [0.1, 0.15) is 5.69 Å². The molecular formula is C16H14N4O2. The van der Waals surface area contributed by atoms with Crippen LogP contribution in [0.1, 0.15) is 10.5 Å². The maximum Gasteiger partial charge on any atom is 0.269 e. The fourth-order valence-corrected chi connectivity index (χ4v) is 2.14. The molecule has 1 N–H and O–H groups in total. The third-order valence-electron chi connectivity index (χ3n) is 3.27. The summed E-state index contributed by atoms with van der Waals surface area (Å²) in [5.41, 5.74) is 0.908. The van der Waals surface area contributed by atoms with Gasteiger partial charge in [0.25, 0.3) is 11.5 Å². The minimum Gasteiger partial charge on any atom is -0.349 e. The van der Waals surface area contributed by atoms with Gasteiger partial charge >= 0.3 is 0 Å². The fraction of sp³-hybridized carbons (Fsp3) is 0.125. The summed E-state index contributed by atoms with van der Waals surface area (Å²) < 4.78 is 1.49. The van der Waals surface area contributed by atoms with E-state index in [1.807, 2.05) is 6.07 Å². The zero-order valence-electron chi connectivity index (χ0n) is 11.8. The number of carbonyl (C=O) groups excluding carboxylic acids is 1. The van der Waals surface area contributed by atoms with Crippen molar-refractivity contribution in [3.63, 3.8) is 0 Å². The monoisotopic (exact) mass is 294 g/mol. The van der Waals surface area contributed by atoms with Crippen molar-refractivity contribution >= 4 is 16.8 Å². The molecule has 0 bridgehead atoms. The molecule has 0 spiro atoms. The van der Waals surface area contributed by atoms with Crippen molar-refractivity contribution < 1.29 is 4.79 Å². The summed E-state index contributed by atoms with van der Waals surface area (Å²) in [5, 5.41) is 3.30. The van der Waals surface area contributed by atoms with Gasteiger partial charge in [0.2, 0.25) is 0 Å². The first kappa shape index (κ1) is 13.9. The molecule has 0 saturated carbocycles. The van der Waals surface area contributed by atoms with Gasteiger partial charge in [0.15, 0.2) is 0 Å². The van der Waals surface area contributed by atoms with Crippen LogP contribution in [-0.4, -0.2) is 27.0 Å². The zero-order valence-corrected chi connectivity index (χ0v) is 11.8. The van der Waals surface area contributed by atoms with Crippen molar-refractivity contribution in [3.8, 4) is 0 Å². The van der Waals surface area contributed by atoms with Gasteiger partial charge in [0.05, 0.1) is 17.2 Å². The molecule has 0 atom stereocenters. The number of carbonyl (C=O) groups is 1. The quantitative estimate of drug-likeness (QED) is 0.785. The molecule has 1 amide bonds. The number of amides is 1. The van der Waals surface area contributed by atoms with Crippen LogP contribution >= 0.6 is 0 Å². The highest BCUT2D eigenvalue weighted by Gasteiger charge is 2.06. The van der Waals surface area contributed by atoms with Gasteiger partial charge < -0.3 is 5.32 Å². The lowest BCUT2D eigenvalue weighted by Crippen LogP contribution is -2.31. The third kappa shape index (κ3) is 2.85. The number of rotatable bonds is 4. The predicted octanol–water partition coefficient (Wildman–Crippen LogP) is 1.22. The Kier molecular flexibility index (Phi) is 3.91. The average molecular weight is 294 g/mol. The van der Waals surface area contributed by atoms with Gasteiger partial charge in [-0.3, -0.25) is 19.1 Å². The Bertz CT molecular complexity index is 859. The van der Waals surface area contributed by atoms with E-state index < -0.39 is 0 Å². The molecule has 0 aliphatic carbocycles. The molecule has 0 unspecified atom stereocenters. The Hall–Kier alpha value is -3.02. The smallest absolute Gasteiger partial charge is 0.269 e. The molecule has 0 aliphatic heterocycles. The van der Waals surface area contributed by atoms with Gasteiger partial charge in [-0.15, -0.1) is 0 Å². The van der Waals surface area contributed by atoms with E-state index in [4.69, 9.17) is 0 Å². The first-order valence-corrected chi connectivity index (χ1v) is 6.89. The Morgan fingerprint density at radius 1 is 1.09 bits per heavy atom. The van der Waals surface area contributed by atoms with Crippen LogP contribution in [0.2, 0.25) is 0 Å². The van der Waals surface area contributed by atoms with Crippen molar-refractivity contribution in [3.05, 3.63) is 71.0 Å². The molecule has 0 fully saturated rings. The lowest BCUT2D eigenvalue weighted by Gasteiger charge is -2.07. The zero-order chi connectivity index (χ0) is 15.4. The van der Waals surface area contributed by atoms with E-state index in [-0.39, 0.29) is 11.5 Å². The molecule has 2 aromatic heterocycles. The highest BCUT2D eigenvalue weighted by molar-refractivity contribution is 5.92. The lowest BCUT2D eigenvalue weighted by atomic mass is 10.2. The number of pyridine rings is 1. The number of para-hydroxylation sites is 1. The van der Waals surface area contributed by atoms with Crippen LogP contribution in [-0.2, 0) is 6.54 Å². The van der Waals surface area contributed by atoms with Gasteiger partial charge in [-0.1, -0.05) is 18.2 Å². The highest BCUT2D eigenvalue weighted by atomic mass is 16.2. The molecular weight excluding hydrogens is 280 g/mol. The number of aromatic nitrogens is 3. The van der Waals surface area contributed by atoms with Crippen molar-refractivity contribution in [1.82, 2.24) is 19.9 Å². The molecule has 110 valence electrons. The molecule has 22 heavy (non-hydrogen) atoms. The summed E-state index contributed by atoms with van der Waals surface area (Å²) >= 11 is 0. The van der Waals surface area contributed by atoms with Gasteiger partial charge in [0, 0.05) is 19.3 Å². The molecule has 0 radical (unpaired) electrons. The lowest BCUT2D eigenvalue weighted by molar-refractivity contribution is 0.0947. The van der Waals surface area contributed by atoms with Crippen LogP contribution in [0.15, 0.2) is 59.8 Å². The minimum absolute atomic E-state index is 0.113. The number of benzene rings is 1. The van der Waals surface area contributed by atoms with Crippen molar-refractivity contribution in [1.29, 1.82) is 0 Å². The van der Waals surface area contributed by atoms with E-state index in [1.54, 1.807) is 42.6 Å². The molecule has 2 heterocycles. The van der Waals surface area contributed by atoms with E-state index >= 15 is 0 Å². The van der Waals surface area contributed by atoms with Crippen LogP contribution in [0.3, 0.4) is 0 Å². The summed E-state index contributed by atoms with van der Waals surface area (Å²) in [6.07, 6.45) is 3.06. The van der Waals surface area contributed by atoms with Crippen LogP contribution in [0.25, 0.3) is 10.9 Å². The van der Waals surface area contributed by atoms with Crippen molar-refractivity contribution in [2.75, 3.05) is 6.54 Å². The summed E-state index contributed by atoms with van der Waals surface area (Å²) in [4.78, 5) is 32.3. The number of nitrogens with zero attached hydrogens (tertiary/aromatic N) is 3. The van der Waals surface area contributed by atoms with E-state index in [2.05, 4.69) is 15.3 Å². The predicted molar refractivity (Wildman–Crippen MR) is 82.6 cm³/mol. The number of nitrogens with one attached hydrogen (secondary N) is 1. The van der Waals surface area contributed by atoms with E-state index in [0.717, 1.165) is 0 Å². The molecule has 3 rings (SSSR count). The number of hydrogen-bond donors (Lipinski definition) is 1. The summed E-state index contributed by atoms with van der Waals surface area (Å²) in [6, 6.07) is 12.3. The average Bonchev–Trinajstić information content (AvgIpc) is 2.58. The Labute approximate surface area is 126 Å². The maximum atomic E-state index is 12.3. The molecule has 3 aromatic rings. The molecule has 6 heteroatoms. The van der Waals surface area contributed by atoms with Gasteiger partial charge in [-0.05, 0) is 24.3 Å². The third-order valence-corrected chi connectivity index (χ3v) is 3.27.